The molecule has 0 saturated heterocycles. The van der Waals surface area contributed by atoms with Gasteiger partial charge in [0.05, 0.1) is 12.6 Å². The van der Waals surface area contributed by atoms with E-state index in [0.717, 1.165) is 0 Å². The second-order valence-electron chi connectivity index (χ2n) is 6.93. The molecule has 3 heteroatoms. The van der Waals surface area contributed by atoms with E-state index in [-0.39, 0.29) is 5.54 Å². The van der Waals surface area contributed by atoms with E-state index < -0.39 is 6.10 Å². The molecule has 1 aromatic heterocycles. The predicted molar refractivity (Wildman–Crippen MR) is 93.2 cm³/mol. The van der Waals surface area contributed by atoms with Gasteiger partial charge in [0.2, 0.25) is 0 Å². The number of nitrogens with zero attached hydrogens (tertiary/aromatic N) is 1. The van der Waals surface area contributed by atoms with E-state index in [9.17, 15) is 5.11 Å². The lowest BCUT2D eigenvalue weighted by Gasteiger charge is -2.23. The molecule has 0 radical (unpaired) electrons. The fraction of sp³-hybridized carbons (Fsp3) is 0.368. The molecule has 3 aromatic rings. The Morgan fingerprint density at radius 3 is 1.95 bits per heavy atom. The first-order chi connectivity index (χ1) is 10.5. The van der Waals surface area contributed by atoms with Gasteiger partial charge in [0.1, 0.15) is 0 Å². The van der Waals surface area contributed by atoms with Gasteiger partial charge in [-0.2, -0.15) is 0 Å². The van der Waals surface area contributed by atoms with E-state index >= 15 is 0 Å². The molecule has 116 valence electrons. The number of nitrogens with one attached hydrogen (secondary N) is 1. The number of rotatable bonds is 4. The summed E-state index contributed by atoms with van der Waals surface area (Å²) in [6.45, 7) is 7.52. The molecular formula is C19H24N2O. The summed E-state index contributed by atoms with van der Waals surface area (Å²) < 4.78 is 2.22. The van der Waals surface area contributed by atoms with Gasteiger partial charge < -0.3 is 15.0 Å². The molecule has 1 heterocycles. The van der Waals surface area contributed by atoms with Crippen molar-refractivity contribution in [3.63, 3.8) is 0 Å². The van der Waals surface area contributed by atoms with E-state index in [1.165, 1.54) is 21.8 Å². The minimum atomic E-state index is -0.418. The third-order valence-corrected chi connectivity index (χ3v) is 3.94. The number of fused-ring (bicyclic) bond motifs is 3. The van der Waals surface area contributed by atoms with Crippen LogP contribution < -0.4 is 5.32 Å². The van der Waals surface area contributed by atoms with Crippen LogP contribution in [0.1, 0.15) is 20.8 Å². The molecule has 3 rings (SSSR count). The van der Waals surface area contributed by atoms with Gasteiger partial charge in [-0.05, 0) is 32.9 Å². The zero-order valence-corrected chi connectivity index (χ0v) is 13.5. The molecule has 0 spiro atoms. The second-order valence-corrected chi connectivity index (χ2v) is 6.93. The molecule has 2 N–H and O–H groups in total. The summed E-state index contributed by atoms with van der Waals surface area (Å²) >= 11 is 0. The summed E-state index contributed by atoms with van der Waals surface area (Å²) in [5.41, 5.74) is 2.37. The fourth-order valence-corrected chi connectivity index (χ4v) is 2.90. The minimum absolute atomic E-state index is 0.0157. The molecular weight excluding hydrogens is 272 g/mol. The number of hydrogen-bond donors (Lipinski definition) is 2. The van der Waals surface area contributed by atoms with Crippen molar-refractivity contribution in [1.82, 2.24) is 9.88 Å². The molecule has 0 bridgehead atoms. The smallest absolute Gasteiger partial charge is 0.0843 e. The summed E-state index contributed by atoms with van der Waals surface area (Å²) in [5.74, 6) is 0. The van der Waals surface area contributed by atoms with Crippen LogP contribution in [0.5, 0.6) is 0 Å². The molecule has 3 nitrogen and oxygen atoms in total. The second kappa shape index (κ2) is 5.75. The van der Waals surface area contributed by atoms with Gasteiger partial charge in [0.15, 0.2) is 0 Å². The minimum Gasteiger partial charge on any atom is -0.390 e. The van der Waals surface area contributed by atoms with E-state index in [1.807, 2.05) is 0 Å². The fourth-order valence-electron chi connectivity index (χ4n) is 2.90. The van der Waals surface area contributed by atoms with Gasteiger partial charge in [-0.3, -0.25) is 0 Å². The highest BCUT2D eigenvalue weighted by Gasteiger charge is 2.15. The normalized spacial score (nSPS) is 13.8. The van der Waals surface area contributed by atoms with Crippen molar-refractivity contribution in [1.29, 1.82) is 0 Å². The van der Waals surface area contributed by atoms with Crippen LogP contribution in [0.2, 0.25) is 0 Å². The number of aromatic nitrogens is 1. The van der Waals surface area contributed by atoms with Gasteiger partial charge >= 0.3 is 0 Å². The van der Waals surface area contributed by atoms with Crippen LogP contribution in [-0.2, 0) is 6.54 Å². The lowest BCUT2D eigenvalue weighted by Crippen LogP contribution is -2.41. The number of β-amino-alcohol motifs (C(OH)–C–C–N with tert-alkyl or cyclic N) is 1. The zero-order chi connectivity index (χ0) is 15.7. The summed E-state index contributed by atoms with van der Waals surface area (Å²) in [7, 11) is 0. The van der Waals surface area contributed by atoms with Crippen LogP contribution in [0.25, 0.3) is 21.8 Å². The SMILES string of the molecule is CC(C)(C)NC[C@@H](O)Cn1c2ccccc2c2ccccc21. The first-order valence-corrected chi connectivity index (χ1v) is 7.85. The van der Waals surface area contributed by atoms with Crippen LogP contribution in [-0.4, -0.2) is 27.9 Å². The van der Waals surface area contributed by atoms with E-state index in [1.54, 1.807) is 0 Å². The molecule has 22 heavy (non-hydrogen) atoms. The third kappa shape index (κ3) is 3.01. The zero-order valence-electron chi connectivity index (χ0n) is 13.5. The first kappa shape index (κ1) is 15.1. The Bertz CT molecular complexity index is 730. The lowest BCUT2D eigenvalue weighted by molar-refractivity contribution is 0.144. The van der Waals surface area contributed by atoms with Crippen LogP contribution in [0, 0.1) is 0 Å². The topological polar surface area (TPSA) is 37.2 Å². The highest BCUT2D eigenvalue weighted by Crippen LogP contribution is 2.28. The molecule has 0 saturated carbocycles. The number of hydrogen-bond acceptors (Lipinski definition) is 2. The Hall–Kier alpha value is -1.84. The van der Waals surface area contributed by atoms with Crippen molar-refractivity contribution in [2.24, 2.45) is 0 Å². The molecule has 0 aliphatic carbocycles. The van der Waals surface area contributed by atoms with Gasteiger partial charge in [-0.25, -0.2) is 0 Å². The number of para-hydroxylation sites is 2. The first-order valence-electron chi connectivity index (χ1n) is 7.85. The Balaban J connectivity index is 1.95. The van der Waals surface area contributed by atoms with Crippen LogP contribution >= 0.6 is 0 Å². The number of aliphatic hydroxyl groups excluding tert-OH is 1. The molecule has 2 aromatic carbocycles. The Morgan fingerprint density at radius 2 is 1.45 bits per heavy atom. The molecule has 0 aliphatic rings. The molecule has 0 unspecified atom stereocenters. The highest BCUT2D eigenvalue weighted by atomic mass is 16.3. The maximum Gasteiger partial charge on any atom is 0.0843 e. The van der Waals surface area contributed by atoms with Crippen molar-refractivity contribution < 1.29 is 5.11 Å². The van der Waals surface area contributed by atoms with Gasteiger partial charge in [0.25, 0.3) is 0 Å². The Labute approximate surface area is 131 Å². The van der Waals surface area contributed by atoms with Crippen molar-refractivity contribution in [2.75, 3.05) is 6.54 Å². The largest absolute Gasteiger partial charge is 0.390 e. The average Bonchev–Trinajstić information content (AvgIpc) is 2.80. The van der Waals surface area contributed by atoms with Gasteiger partial charge in [-0.1, -0.05) is 36.4 Å². The lowest BCUT2D eigenvalue weighted by atomic mass is 10.1. The van der Waals surface area contributed by atoms with Crippen LogP contribution in [0.3, 0.4) is 0 Å². The van der Waals surface area contributed by atoms with Crippen LogP contribution in [0.15, 0.2) is 48.5 Å². The average molecular weight is 296 g/mol. The van der Waals surface area contributed by atoms with Gasteiger partial charge in [-0.15, -0.1) is 0 Å². The van der Waals surface area contributed by atoms with Crippen molar-refractivity contribution >= 4 is 21.8 Å². The van der Waals surface area contributed by atoms with E-state index in [2.05, 4.69) is 79.2 Å². The van der Waals surface area contributed by atoms with Gasteiger partial charge in [0, 0.05) is 33.9 Å². The monoisotopic (exact) mass is 296 g/mol. The quantitative estimate of drug-likeness (QED) is 0.772. The summed E-state index contributed by atoms with van der Waals surface area (Å²) in [5, 5.41) is 16.3. The molecule has 0 fully saturated rings. The van der Waals surface area contributed by atoms with E-state index in [0.29, 0.717) is 13.1 Å². The third-order valence-electron chi connectivity index (χ3n) is 3.94. The standard InChI is InChI=1S/C19H24N2O/c1-19(2,3)20-12-14(22)13-21-17-10-6-4-8-15(17)16-9-5-7-11-18(16)21/h4-11,14,20,22H,12-13H2,1-3H3/t14-/m1/s1. The maximum atomic E-state index is 10.4. The Kier molecular flexibility index (Phi) is 3.94. The molecule has 1 atom stereocenters. The number of aliphatic hydroxyl groups is 1. The summed E-state index contributed by atoms with van der Waals surface area (Å²) in [6.07, 6.45) is -0.418. The Morgan fingerprint density at radius 1 is 0.955 bits per heavy atom. The highest BCUT2D eigenvalue weighted by molar-refractivity contribution is 6.07. The summed E-state index contributed by atoms with van der Waals surface area (Å²) in [4.78, 5) is 0. The summed E-state index contributed by atoms with van der Waals surface area (Å²) in [6, 6.07) is 16.8. The van der Waals surface area contributed by atoms with Crippen molar-refractivity contribution in [3.8, 4) is 0 Å². The van der Waals surface area contributed by atoms with E-state index in [4.69, 9.17) is 0 Å². The maximum absolute atomic E-state index is 10.4. The number of benzene rings is 2. The predicted octanol–water partition coefficient (Wildman–Crippen LogP) is 3.54. The molecule has 0 aliphatic heterocycles. The molecule has 0 amide bonds. The van der Waals surface area contributed by atoms with Crippen LogP contribution in [0.4, 0.5) is 0 Å². The van der Waals surface area contributed by atoms with Crippen molar-refractivity contribution in [2.45, 2.75) is 39.0 Å². The van der Waals surface area contributed by atoms with Crippen molar-refractivity contribution in [3.05, 3.63) is 48.5 Å².